The van der Waals surface area contributed by atoms with Crippen molar-refractivity contribution in [2.75, 3.05) is 7.11 Å². The van der Waals surface area contributed by atoms with Gasteiger partial charge in [-0.25, -0.2) is 0 Å². The fourth-order valence-electron chi connectivity index (χ4n) is 2.02. The molecule has 0 N–H and O–H groups in total. The van der Waals surface area contributed by atoms with Crippen molar-refractivity contribution in [1.29, 1.82) is 0 Å². The summed E-state index contributed by atoms with van der Waals surface area (Å²) < 4.78 is 5.57. The van der Waals surface area contributed by atoms with Crippen molar-refractivity contribution in [1.82, 2.24) is 0 Å². The highest BCUT2D eigenvalue weighted by Crippen LogP contribution is 2.28. The second kappa shape index (κ2) is 6.18. The molecular weight excluding hydrogens is 220 g/mol. The number of ether oxygens (including phenoxy) is 1. The number of methoxy groups -OCH3 is 1. The van der Waals surface area contributed by atoms with Crippen LogP contribution in [0.25, 0.3) is 5.57 Å². The summed E-state index contributed by atoms with van der Waals surface area (Å²) in [7, 11) is 1.75. The molecule has 0 aliphatic rings. The van der Waals surface area contributed by atoms with Crippen molar-refractivity contribution in [3.05, 3.63) is 78.4 Å². The predicted octanol–water partition coefficient (Wildman–Crippen LogP) is 4.48. The molecule has 0 aliphatic heterocycles. The van der Waals surface area contributed by atoms with Gasteiger partial charge in [-0.15, -0.1) is 0 Å². The highest BCUT2D eigenvalue weighted by atomic mass is 16.5. The molecule has 0 saturated heterocycles. The van der Waals surface area contributed by atoms with E-state index in [0.29, 0.717) is 0 Å². The van der Waals surface area contributed by atoms with Crippen molar-refractivity contribution < 1.29 is 4.74 Å². The average molecular weight is 238 g/mol. The fraction of sp³-hybridized carbons (Fsp3) is 0.176. The van der Waals surface area contributed by atoms with Gasteiger partial charge in [0.05, 0.1) is 6.10 Å². The molecule has 1 heteroatoms. The van der Waals surface area contributed by atoms with Crippen LogP contribution in [0.1, 0.15) is 23.7 Å². The lowest BCUT2D eigenvalue weighted by Gasteiger charge is -2.17. The summed E-state index contributed by atoms with van der Waals surface area (Å²) in [6, 6.07) is 20.5. The Bertz CT molecular complexity index is 488. The van der Waals surface area contributed by atoms with Crippen LogP contribution in [0.2, 0.25) is 0 Å². The van der Waals surface area contributed by atoms with Crippen molar-refractivity contribution >= 4 is 5.57 Å². The SMILES string of the molecule is C=C(CC(OC)c1ccccc1)c1ccccc1. The van der Waals surface area contributed by atoms with Gasteiger partial charge < -0.3 is 4.74 Å². The van der Waals surface area contributed by atoms with Crippen LogP contribution in [0.5, 0.6) is 0 Å². The van der Waals surface area contributed by atoms with Gasteiger partial charge in [0.1, 0.15) is 0 Å². The maximum absolute atomic E-state index is 5.57. The number of hydrogen-bond acceptors (Lipinski definition) is 1. The number of hydrogen-bond donors (Lipinski definition) is 0. The zero-order valence-corrected chi connectivity index (χ0v) is 10.7. The Balaban J connectivity index is 2.10. The summed E-state index contributed by atoms with van der Waals surface area (Å²) >= 11 is 0. The standard InChI is InChI=1S/C17H18O/c1-14(15-9-5-3-6-10-15)13-17(18-2)16-11-7-4-8-12-16/h3-12,17H,1,13H2,2H3. The Morgan fingerprint density at radius 1 is 1.00 bits per heavy atom. The minimum Gasteiger partial charge on any atom is -0.376 e. The van der Waals surface area contributed by atoms with Crippen LogP contribution in [-0.4, -0.2) is 7.11 Å². The first-order chi connectivity index (χ1) is 8.81. The summed E-state index contributed by atoms with van der Waals surface area (Å²) in [5.41, 5.74) is 3.47. The van der Waals surface area contributed by atoms with E-state index in [1.807, 2.05) is 36.4 Å². The molecule has 2 aromatic carbocycles. The Kier molecular flexibility index (Phi) is 4.32. The molecule has 0 bridgehead atoms. The maximum Gasteiger partial charge on any atom is 0.0861 e. The first-order valence-electron chi connectivity index (χ1n) is 6.12. The lowest BCUT2D eigenvalue weighted by atomic mass is 9.97. The summed E-state index contributed by atoms with van der Waals surface area (Å²) in [5, 5.41) is 0. The third-order valence-corrected chi connectivity index (χ3v) is 3.07. The minimum absolute atomic E-state index is 0.0684. The van der Waals surface area contributed by atoms with E-state index >= 15 is 0 Å². The molecule has 0 fully saturated rings. The van der Waals surface area contributed by atoms with E-state index in [0.717, 1.165) is 12.0 Å². The molecule has 18 heavy (non-hydrogen) atoms. The van der Waals surface area contributed by atoms with Crippen LogP contribution in [0.15, 0.2) is 67.2 Å². The molecule has 0 spiro atoms. The Labute approximate surface area is 109 Å². The van der Waals surface area contributed by atoms with Crippen molar-refractivity contribution in [3.8, 4) is 0 Å². The van der Waals surface area contributed by atoms with Gasteiger partial charge >= 0.3 is 0 Å². The van der Waals surface area contributed by atoms with Crippen LogP contribution in [-0.2, 0) is 4.74 Å². The lowest BCUT2D eigenvalue weighted by Crippen LogP contribution is -2.02. The zero-order valence-electron chi connectivity index (χ0n) is 10.7. The Hall–Kier alpha value is -1.86. The van der Waals surface area contributed by atoms with Crippen LogP contribution in [0, 0.1) is 0 Å². The molecular formula is C17H18O. The van der Waals surface area contributed by atoms with Gasteiger partial charge in [-0.05, 0) is 16.7 Å². The molecule has 0 radical (unpaired) electrons. The van der Waals surface area contributed by atoms with Gasteiger partial charge in [0.2, 0.25) is 0 Å². The quantitative estimate of drug-likeness (QED) is 0.746. The Morgan fingerprint density at radius 3 is 2.11 bits per heavy atom. The summed E-state index contributed by atoms with van der Waals surface area (Å²) in [6.07, 6.45) is 0.878. The summed E-state index contributed by atoms with van der Waals surface area (Å²) in [6.45, 7) is 4.16. The van der Waals surface area contributed by atoms with Gasteiger partial charge in [0.25, 0.3) is 0 Å². The molecule has 0 aromatic heterocycles. The second-order valence-electron chi connectivity index (χ2n) is 4.31. The highest BCUT2D eigenvalue weighted by Gasteiger charge is 2.12. The van der Waals surface area contributed by atoms with E-state index in [9.17, 15) is 0 Å². The minimum atomic E-state index is 0.0684. The largest absolute Gasteiger partial charge is 0.376 e. The van der Waals surface area contributed by atoms with E-state index in [4.69, 9.17) is 4.74 Å². The van der Waals surface area contributed by atoms with Crippen LogP contribution >= 0.6 is 0 Å². The first kappa shape index (κ1) is 12.6. The summed E-state index contributed by atoms with van der Waals surface area (Å²) in [5.74, 6) is 0. The summed E-state index contributed by atoms with van der Waals surface area (Å²) in [4.78, 5) is 0. The van der Waals surface area contributed by atoms with Crippen molar-refractivity contribution in [3.63, 3.8) is 0 Å². The van der Waals surface area contributed by atoms with Gasteiger partial charge in [0, 0.05) is 13.5 Å². The fourth-order valence-corrected chi connectivity index (χ4v) is 2.02. The van der Waals surface area contributed by atoms with Gasteiger partial charge in [-0.2, -0.15) is 0 Å². The van der Waals surface area contributed by atoms with Gasteiger partial charge in [-0.3, -0.25) is 0 Å². The average Bonchev–Trinajstić information content (AvgIpc) is 2.46. The van der Waals surface area contributed by atoms with E-state index in [1.165, 1.54) is 11.1 Å². The maximum atomic E-state index is 5.57. The third kappa shape index (κ3) is 3.08. The molecule has 2 rings (SSSR count). The van der Waals surface area contributed by atoms with Crippen LogP contribution in [0.3, 0.4) is 0 Å². The normalized spacial score (nSPS) is 12.1. The van der Waals surface area contributed by atoms with Gasteiger partial charge in [0.15, 0.2) is 0 Å². The molecule has 0 heterocycles. The predicted molar refractivity (Wildman–Crippen MR) is 76.3 cm³/mol. The lowest BCUT2D eigenvalue weighted by molar-refractivity contribution is 0.108. The molecule has 2 aromatic rings. The van der Waals surface area contributed by atoms with E-state index in [2.05, 4.69) is 30.8 Å². The molecule has 1 nitrogen and oxygen atoms in total. The van der Waals surface area contributed by atoms with E-state index < -0.39 is 0 Å². The second-order valence-corrected chi connectivity index (χ2v) is 4.31. The van der Waals surface area contributed by atoms with Gasteiger partial charge in [-0.1, -0.05) is 67.2 Å². The topological polar surface area (TPSA) is 9.23 Å². The van der Waals surface area contributed by atoms with Crippen LogP contribution < -0.4 is 0 Å². The molecule has 1 atom stereocenters. The molecule has 0 aliphatic carbocycles. The van der Waals surface area contributed by atoms with Crippen LogP contribution in [0.4, 0.5) is 0 Å². The van der Waals surface area contributed by atoms with E-state index in [-0.39, 0.29) is 6.10 Å². The third-order valence-electron chi connectivity index (χ3n) is 3.07. The molecule has 1 unspecified atom stereocenters. The van der Waals surface area contributed by atoms with Crippen molar-refractivity contribution in [2.45, 2.75) is 12.5 Å². The molecule has 92 valence electrons. The number of benzene rings is 2. The smallest absolute Gasteiger partial charge is 0.0861 e. The molecule has 0 amide bonds. The highest BCUT2D eigenvalue weighted by molar-refractivity contribution is 5.63. The molecule has 0 saturated carbocycles. The van der Waals surface area contributed by atoms with E-state index in [1.54, 1.807) is 7.11 Å². The van der Waals surface area contributed by atoms with Crippen molar-refractivity contribution in [2.24, 2.45) is 0 Å². The zero-order chi connectivity index (χ0) is 12.8. The Morgan fingerprint density at radius 2 is 1.56 bits per heavy atom. The first-order valence-corrected chi connectivity index (χ1v) is 6.12. The monoisotopic (exact) mass is 238 g/mol. The number of rotatable bonds is 5.